The minimum atomic E-state index is -1.54. The lowest BCUT2D eigenvalue weighted by Crippen LogP contribution is -2.47. The molecule has 5 N–H and O–H groups in total. The average Bonchev–Trinajstić information content (AvgIpc) is 2.79. The van der Waals surface area contributed by atoms with E-state index < -0.39 is 48.0 Å². The molecule has 1 aliphatic carbocycles. The summed E-state index contributed by atoms with van der Waals surface area (Å²) in [6.07, 6.45) is -3.04. The van der Waals surface area contributed by atoms with Crippen molar-refractivity contribution in [1.82, 2.24) is 0 Å². The van der Waals surface area contributed by atoms with Crippen molar-refractivity contribution in [2.24, 2.45) is 5.92 Å². The third-order valence-electron chi connectivity index (χ3n) is 5.58. The van der Waals surface area contributed by atoms with Crippen molar-refractivity contribution in [2.45, 2.75) is 55.2 Å². The highest BCUT2D eigenvalue weighted by Crippen LogP contribution is 2.45. The second-order valence-corrected chi connectivity index (χ2v) is 7.13. The topological polar surface area (TPSA) is 120 Å². The second-order valence-electron chi connectivity index (χ2n) is 7.13. The maximum Gasteiger partial charge on any atom is 0.307 e. The van der Waals surface area contributed by atoms with Gasteiger partial charge < -0.3 is 34.9 Å². The first-order valence-corrected chi connectivity index (χ1v) is 7.88. The Hall–Kier alpha value is -0.410. The first-order chi connectivity index (χ1) is 10.5. The molecule has 2 rings (SSSR count). The molecule has 1 heterocycles. The normalized spacial score (nSPS) is 50.5. The minimum absolute atomic E-state index is 0.000834. The molecule has 0 aromatic rings. The standard InChI is InChI=1S/C14H26B2O7/c1-6-7(10(18)14(3,21)9(6)15)5-22-16-12-11(19)13(2,20)8(4-17)23-12/h7-12,16-21H,1,4-5,15H2,2-3H3/t7-,8+,9+,10+,11-,12+,13-,14-/m0/s1. The summed E-state index contributed by atoms with van der Waals surface area (Å²) in [6, 6.07) is -0.771. The van der Waals surface area contributed by atoms with Gasteiger partial charge in [0.05, 0.1) is 24.3 Å². The number of hydrogen-bond donors (Lipinski definition) is 5. The van der Waals surface area contributed by atoms with Crippen LogP contribution >= 0.6 is 0 Å². The molecule has 0 spiro atoms. The van der Waals surface area contributed by atoms with Crippen molar-refractivity contribution < 1.29 is 34.9 Å². The molecule has 0 aromatic carbocycles. The molecule has 9 heteroatoms. The number of aliphatic hydroxyl groups excluding tert-OH is 3. The largest absolute Gasteiger partial charge is 0.436 e. The van der Waals surface area contributed by atoms with Gasteiger partial charge in [-0.1, -0.05) is 12.2 Å². The fourth-order valence-electron chi connectivity index (χ4n) is 3.42. The van der Waals surface area contributed by atoms with Crippen LogP contribution in [0.2, 0.25) is 5.82 Å². The summed E-state index contributed by atoms with van der Waals surface area (Å²) in [5.74, 6) is -0.661. The third kappa shape index (κ3) is 3.11. The number of ether oxygens (including phenoxy) is 1. The fourth-order valence-corrected chi connectivity index (χ4v) is 3.42. The van der Waals surface area contributed by atoms with Gasteiger partial charge in [-0.05, 0) is 19.7 Å². The molecule has 1 saturated carbocycles. The lowest BCUT2D eigenvalue weighted by Gasteiger charge is -2.27. The van der Waals surface area contributed by atoms with Gasteiger partial charge in [0, 0.05) is 12.5 Å². The summed E-state index contributed by atoms with van der Waals surface area (Å²) in [7, 11) is 1.80. The Morgan fingerprint density at radius 3 is 2.30 bits per heavy atom. The molecule has 1 saturated heterocycles. The Kier molecular flexibility index (Phi) is 5.33. The molecule has 7 nitrogen and oxygen atoms in total. The maximum atomic E-state index is 10.3. The molecule has 0 amide bonds. The summed E-state index contributed by atoms with van der Waals surface area (Å²) in [4.78, 5) is 0. The molecule has 0 unspecified atom stereocenters. The van der Waals surface area contributed by atoms with Gasteiger partial charge in [0.15, 0.2) is 0 Å². The van der Waals surface area contributed by atoms with Gasteiger partial charge in [-0.2, -0.15) is 0 Å². The van der Waals surface area contributed by atoms with Gasteiger partial charge >= 0.3 is 7.48 Å². The Balaban J connectivity index is 1.90. The van der Waals surface area contributed by atoms with Gasteiger partial charge in [0.2, 0.25) is 0 Å². The van der Waals surface area contributed by atoms with Crippen molar-refractivity contribution in [3.05, 3.63) is 12.2 Å². The zero-order valence-electron chi connectivity index (χ0n) is 13.8. The van der Waals surface area contributed by atoms with Crippen LogP contribution in [0.3, 0.4) is 0 Å². The predicted molar refractivity (Wildman–Crippen MR) is 87.0 cm³/mol. The van der Waals surface area contributed by atoms with Crippen molar-refractivity contribution >= 4 is 15.3 Å². The number of hydrogen-bond acceptors (Lipinski definition) is 7. The van der Waals surface area contributed by atoms with Crippen LogP contribution in [0.25, 0.3) is 0 Å². The van der Waals surface area contributed by atoms with Crippen molar-refractivity contribution in [2.75, 3.05) is 13.2 Å². The SMILES string of the molecule is B[C@@H]1C(=C)[C@H](COB[C@@H]2O[C@H](CO)[C@](C)(O)[C@H]2O)[C@@H](O)[C@@]1(C)O. The highest BCUT2D eigenvalue weighted by molar-refractivity contribution is 6.29. The van der Waals surface area contributed by atoms with E-state index in [9.17, 15) is 25.5 Å². The molecule has 0 aromatic heterocycles. The molecular formula is C14H26B2O7. The van der Waals surface area contributed by atoms with E-state index in [0.717, 1.165) is 5.57 Å². The van der Waals surface area contributed by atoms with Gasteiger partial charge in [-0.15, -0.1) is 0 Å². The smallest absolute Gasteiger partial charge is 0.307 e. The van der Waals surface area contributed by atoms with E-state index in [-0.39, 0.29) is 19.9 Å². The Morgan fingerprint density at radius 2 is 1.87 bits per heavy atom. The quantitative estimate of drug-likeness (QED) is 0.268. The zero-order chi connectivity index (χ0) is 17.6. The van der Waals surface area contributed by atoms with Crippen LogP contribution in [0.5, 0.6) is 0 Å². The van der Waals surface area contributed by atoms with Crippen LogP contribution in [0.15, 0.2) is 12.2 Å². The minimum Gasteiger partial charge on any atom is -0.436 e. The number of aliphatic hydroxyl groups is 5. The van der Waals surface area contributed by atoms with E-state index in [1.165, 1.54) is 6.92 Å². The zero-order valence-corrected chi connectivity index (χ0v) is 13.8. The first kappa shape index (κ1) is 18.9. The van der Waals surface area contributed by atoms with Gasteiger partial charge in [0.25, 0.3) is 0 Å². The highest BCUT2D eigenvalue weighted by Gasteiger charge is 2.53. The van der Waals surface area contributed by atoms with Gasteiger partial charge in [-0.25, -0.2) is 0 Å². The molecule has 0 bridgehead atoms. The summed E-state index contributed by atoms with van der Waals surface area (Å²) in [5, 5.41) is 49.9. The first-order valence-electron chi connectivity index (χ1n) is 7.88. The summed E-state index contributed by atoms with van der Waals surface area (Å²) in [6.45, 7) is 6.62. The van der Waals surface area contributed by atoms with E-state index in [1.54, 1.807) is 14.8 Å². The Labute approximate surface area is 137 Å². The van der Waals surface area contributed by atoms with Crippen molar-refractivity contribution in [3.63, 3.8) is 0 Å². The molecule has 2 aliphatic rings. The summed E-state index contributed by atoms with van der Waals surface area (Å²) in [5.41, 5.74) is -2.08. The van der Waals surface area contributed by atoms with E-state index in [4.69, 9.17) is 9.39 Å². The van der Waals surface area contributed by atoms with Crippen LogP contribution in [0, 0.1) is 5.92 Å². The third-order valence-corrected chi connectivity index (χ3v) is 5.58. The van der Waals surface area contributed by atoms with E-state index in [2.05, 4.69) is 6.58 Å². The molecule has 2 fully saturated rings. The molecule has 130 valence electrons. The monoisotopic (exact) mass is 328 g/mol. The Morgan fingerprint density at radius 1 is 1.26 bits per heavy atom. The van der Waals surface area contributed by atoms with Crippen LogP contribution in [0.1, 0.15) is 13.8 Å². The number of rotatable bonds is 5. The molecule has 1 aliphatic heterocycles. The fraction of sp³-hybridized carbons (Fsp3) is 0.857. The van der Waals surface area contributed by atoms with Crippen molar-refractivity contribution in [3.8, 4) is 0 Å². The summed E-state index contributed by atoms with van der Waals surface area (Å²) < 4.78 is 10.9. The van der Waals surface area contributed by atoms with Crippen molar-refractivity contribution in [1.29, 1.82) is 0 Å². The van der Waals surface area contributed by atoms with Crippen LogP contribution in [-0.2, 0) is 9.39 Å². The van der Waals surface area contributed by atoms with Gasteiger partial charge in [0.1, 0.15) is 25.7 Å². The van der Waals surface area contributed by atoms with E-state index in [0.29, 0.717) is 0 Å². The Bertz CT molecular complexity index is 456. The average molecular weight is 328 g/mol. The van der Waals surface area contributed by atoms with E-state index in [1.807, 2.05) is 0 Å². The van der Waals surface area contributed by atoms with Crippen LogP contribution < -0.4 is 0 Å². The lowest BCUT2D eigenvalue weighted by atomic mass is 9.74. The molecular weight excluding hydrogens is 302 g/mol. The van der Waals surface area contributed by atoms with Crippen LogP contribution in [0.4, 0.5) is 0 Å². The maximum absolute atomic E-state index is 10.3. The predicted octanol–water partition coefficient (Wildman–Crippen LogP) is -3.10. The highest BCUT2D eigenvalue weighted by atomic mass is 16.6. The lowest BCUT2D eigenvalue weighted by molar-refractivity contribution is -0.0790. The van der Waals surface area contributed by atoms with Crippen LogP contribution in [-0.4, -0.2) is 89.6 Å². The molecule has 8 atom stereocenters. The van der Waals surface area contributed by atoms with Gasteiger partial charge in [-0.3, -0.25) is 0 Å². The second kappa shape index (κ2) is 6.48. The summed E-state index contributed by atoms with van der Waals surface area (Å²) >= 11 is 0. The van der Waals surface area contributed by atoms with E-state index >= 15 is 0 Å². The molecule has 0 radical (unpaired) electrons. The molecule has 23 heavy (non-hydrogen) atoms.